The predicted octanol–water partition coefficient (Wildman–Crippen LogP) is 6.25. The van der Waals surface area contributed by atoms with Crippen LogP contribution in [0.4, 0.5) is 0 Å². The molecule has 0 atom stereocenters. The second kappa shape index (κ2) is 7.15. The van der Waals surface area contributed by atoms with Crippen molar-refractivity contribution in [3.05, 3.63) is 65.7 Å². The van der Waals surface area contributed by atoms with Crippen molar-refractivity contribution in [2.45, 2.75) is 51.0 Å². The first-order chi connectivity index (χ1) is 11.5. The van der Waals surface area contributed by atoms with Gasteiger partial charge in [-0.15, -0.1) is 10.6 Å². The normalized spacial score (nSPS) is 12.9. The van der Waals surface area contributed by atoms with Gasteiger partial charge in [0.25, 0.3) is 0 Å². The predicted molar refractivity (Wildman–Crippen MR) is 109 cm³/mol. The molecular weight excluding hydrogens is 328 g/mol. The molecule has 0 unspecified atom stereocenters. The number of para-hydroxylation sites is 1. The van der Waals surface area contributed by atoms with Crippen LogP contribution in [-0.2, 0) is 0 Å². The van der Waals surface area contributed by atoms with Crippen LogP contribution in [-0.4, -0.2) is 14.0 Å². The Bertz CT molecular complexity index is 757. The highest BCUT2D eigenvalue weighted by atomic mass is 32.3. The molecule has 0 fully saturated rings. The largest absolute Gasteiger partial charge is 0.390 e. The van der Waals surface area contributed by atoms with Crippen LogP contribution in [0.1, 0.15) is 52.7 Å². The molecule has 2 aromatic rings. The fourth-order valence-electron chi connectivity index (χ4n) is 2.60. The molecule has 2 aromatic carbocycles. The van der Waals surface area contributed by atoms with E-state index in [1.165, 1.54) is 0 Å². The van der Waals surface area contributed by atoms with Gasteiger partial charge in [-0.05, 0) is 65.8 Å². The molecule has 25 heavy (non-hydrogen) atoms. The van der Waals surface area contributed by atoms with Gasteiger partial charge in [0.2, 0.25) is 0 Å². The van der Waals surface area contributed by atoms with Crippen LogP contribution >= 0.6 is 10.6 Å². The minimum atomic E-state index is -2.40. The van der Waals surface area contributed by atoms with Crippen molar-refractivity contribution in [2.75, 3.05) is 0 Å². The van der Waals surface area contributed by atoms with Gasteiger partial charge in [0.05, 0.1) is 15.1 Å². The van der Waals surface area contributed by atoms with E-state index in [2.05, 4.69) is 11.8 Å². The first-order valence-corrected chi connectivity index (χ1v) is 9.96. The average Bonchev–Trinajstić information content (AvgIpc) is 2.53. The lowest BCUT2D eigenvalue weighted by Gasteiger charge is -2.56. The molecule has 0 aliphatic carbocycles. The van der Waals surface area contributed by atoms with Gasteiger partial charge >= 0.3 is 0 Å². The van der Waals surface area contributed by atoms with Crippen molar-refractivity contribution in [3.8, 4) is 17.6 Å². The molecule has 0 bridgehead atoms. The number of benzene rings is 2. The zero-order chi connectivity index (χ0) is 18.7. The van der Waals surface area contributed by atoms with Gasteiger partial charge in [0.1, 0.15) is 0 Å². The van der Waals surface area contributed by atoms with Crippen molar-refractivity contribution in [1.29, 1.82) is 0 Å². The fourth-order valence-corrected chi connectivity index (χ4v) is 5.34. The topological polar surface area (TPSA) is 29.5 Å². The van der Waals surface area contributed by atoms with E-state index in [-0.39, 0.29) is 9.49 Å². The molecule has 1 N–H and O–H groups in total. The number of hydrogen-bond donors (Lipinski definition) is 1. The molecule has 0 saturated carbocycles. The Morgan fingerprint density at radius 1 is 0.760 bits per heavy atom. The highest BCUT2D eigenvalue weighted by molar-refractivity contribution is 8.27. The summed E-state index contributed by atoms with van der Waals surface area (Å²) in [6, 6.07) is 17.5. The lowest BCUT2D eigenvalue weighted by Crippen LogP contribution is -2.41. The maximum absolute atomic E-state index is 11.5. The van der Waals surface area contributed by atoms with Gasteiger partial charge < -0.3 is 4.18 Å². The third kappa shape index (κ3) is 4.39. The van der Waals surface area contributed by atoms with Gasteiger partial charge in [-0.25, -0.2) is 0 Å². The highest BCUT2D eigenvalue weighted by Gasteiger charge is 2.43. The van der Waals surface area contributed by atoms with Gasteiger partial charge in [-0.2, -0.15) is 0 Å². The van der Waals surface area contributed by atoms with E-state index in [0.29, 0.717) is 5.75 Å². The minimum absolute atomic E-state index is 0.384. The van der Waals surface area contributed by atoms with Crippen molar-refractivity contribution in [1.82, 2.24) is 0 Å². The fraction of sp³-hybridized carbons (Fsp3) is 0.364. The van der Waals surface area contributed by atoms with E-state index in [1.54, 1.807) is 0 Å². The molecule has 2 nitrogen and oxygen atoms in total. The molecule has 134 valence electrons. The van der Waals surface area contributed by atoms with E-state index in [4.69, 9.17) is 4.18 Å². The average molecular weight is 357 g/mol. The first-order valence-electron chi connectivity index (χ1n) is 8.45. The standard InChI is InChI=1S/C22H28O2S/c1-21(2,3)25(23,22(4,5)6)24-20-15-11-10-14-19(20)17-16-18-12-8-7-9-13-18/h7-15,23H,1-6H3. The molecular formula is C22H28O2S. The zero-order valence-electron chi connectivity index (χ0n) is 16.0. The van der Waals surface area contributed by atoms with E-state index in [1.807, 2.05) is 96.1 Å². The Balaban J connectivity index is 2.43. The summed E-state index contributed by atoms with van der Waals surface area (Å²) in [6.07, 6.45) is 0. The van der Waals surface area contributed by atoms with Gasteiger partial charge in [0, 0.05) is 5.56 Å². The van der Waals surface area contributed by atoms with Crippen LogP contribution in [0, 0.1) is 11.8 Å². The SMILES string of the molecule is CC(C)(C)S(O)(Oc1ccccc1C#Cc1ccccc1)C(C)(C)C. The van der Waals surface area contributed by atoms with Gasteiger partial charge in [-0.3, -0.25) is 4.55 Å². The second-order valence-electron chi connectivity index (χ2n) is 7.95. The number of rotatable bonds is 2. The molecule has 2 rings (SSSR count). The molecule has 3 heteroatoms. The van der Waals surface area contributed by atoms with Gasteiger partial charge in [0.15, 0.2) is 5.75 Å². The lowest BCUT2D eigenvalue weighted by atomic mass is 10.1. The van der Waals surface area contributed by atoms with Crippen molar-refractivity contribution >= 4 is 10.6 Å². The number of hydrogen-bond acceptors (Lipinski definition) is 2. The van der Waals surface area contributed by atoms with Crippen LogP contribution in [0.25, 0.3) is 0 Å². The molecule has 0 aliphatic heterocycles. The van der Waals surface area contributed by atoms with E-state index < -0.39 is 10.6 Å². The second-order valence-corrected chi connectivity index (χ2v) is 11.6. The molecule has 0 radical (unpaired) electrons. The third-order valence-corrected chi connectivity index (χ3v) is 7.61. The first kappa shape index (κ1) is 19.4. The smallest absolute Gasteiger partial charge is 0.166 e. The Hall–Kier alpha value is -1.89. The van der Waals surface area contributed by atoms with Crippen molar-refractivity contribution in [2.24, 2.45) is 0 Å². The van der Waals surface area contributed by atoms with Crippen LogP contribution in [0.2, 0.25) is 0 Å². The molecule has 0 amide bonds. The summed E-state index contributed by atoms with van der Waals surface area (Å²) in [7, 11) is -2.40. The minimum Gasteiger partial charge on any atom is -0.390 e. The molecule has 0 heterocycles. The van der Waals surface area contributed by atoms with E-state index in [0.717, 1.165) is 11.1 Å². The Labute approximate surface area is 154 Å². The van der Waals surface area contributed by atoms with E-state index >= 15 is 0 Å². The summed E-state index contributed by atoms with van der Waals surface area (Å²) < 4.78 is 17.0. The van der Waals surface area contributed by atoms with Crippen LogP contribution in [0.15, 0.2) is 54.6 Å². The van der Waals surface area contributed by atoms with Crippen molar-refractivity contribution in [3.63, 3.8) is 0 Å². The summed E-state index contributed by atoms with van der Waals surface area (Å²) in [4.78, 5) is 0. The molecule has 0 saturated heterocycles. The van der Waals surface area contributed by atoms with Crippen LogP contribution < -0.4 is 4.18 Å². The Morgan fingerprint density at radius 3 is 1.84 bits per heavy atom. The van der Waals surface area contributed by atoms with Gasteiger partial charge in [-0.1, -0.05) is 42.2 Å². The quantitative estimate of drug-likeness (QED) is 0.644. The summed E-state index contributed by atoms with van der Waals surface area (Å²) in [5, 5.41) is 0. The monoisotopic (exact) mass is 356 g/mol. The molecule has 0 aliphatic rings. The maximum Gasteiger partial charge on any atom is 0.166 e. The summed E-state index contributed by atoms with van der Waals surface area (Å²) in [6.45, 7) is 12.1. The van der Waals surface area contributed by atoms with Crippen molar-refractivity contribution < 1.29 is 8.74 Å². The van der Waals surface area contributed by atoms with Crippen LogP contribution in [0.3, 0.4) is 0 Å². The maximum atomic E-state index is 11.5. The third-order valence-electron chi connectivity index (χ3n) is 3.87. The Kier molecular flexibility index (Phi) is 5.56. The molecule has 0 aromatic heterocycles. The summed E-state index contributed by atoms with van der Waals surface area (Å²) in [5.74, 6) is 6.98. The Morgan fingerprint density at radius 2 is 1.28 bits per heavy atom. The van der Waals surface area contributed by atoms with E-state index in [9.17, 15) is 4.55 Å². The molecule has 0 spiro atoms. The summed E-state index contributed by atoms with van der Waals surface area (Å²) in [5.41, 5.74) is 1.73. The lowest BCUT2D eigenvalue weighted by molar-refractivity contribution is 0.421. The zero-order valence-corrected chi connectivity index (χ0v) is 16.8. The summed E-state index contributed by atoms with van der Waals surface area (Å²) >= 11 is 0. The van der Waals surface area contributed by atoms with Crippen LogP contribution in [0.5, 0.6) is 5.75 Å². The highest BCUT2D eigenvalue weighted by Crippen LogP contribution is 2.64.